The topological polar surface area (TPSA) is 60.9 Å². The third-order valence-electron chi connectivity index (χ3n) is 6.69. The first-order valence-corrected chi connectivity index (χ1v) is 12.6. The molecule has 0 unspecified atom stereocenters. The Morgan fingerprint density at radius 1 is 0.969 bits per heavy atom. The van der Waals surface area contributed by atoms with Crippen molar-refractivity contribution >= 4 is 21.6 Å². The van der Waals surface area contributed by atoms with Gasteiger partial charge in [0.25, 0.3) is 0 Å². The van der Waals surface area contributed by atoms with Crippen LogP contribution in [0.4, 0.5) is 10.1 Å². The summed E-state index contributed by atoms with van der Waals surface area (Å²) < 4.78 is 40.5. The number of halogens is 1. The molecule has 2 saturated heterocycles. The molecule has 172 valence electrons. The number of anilines is 1. The second-order valence-electron chi connectivity index (χ2n) is 8.69. The Morgan fingerprint density at radius 3 is 2.34 bits per heavy atom. The van der Waals surface area contributed by atoms with Crippen molar-refractivity contribution in [3.63, 3.8) is 0 Å². The molecule has 0 radical (unpaired) electrons. The van der Waals surface area contributed by atoms with Crippen molar-refractivity contribution in [2.24, 2.45) is 5.92 Å². The van der Waals surface area contributed by atoms with Crippen LogP contribution in [0.1, 0.15) is 24.0 Å². The lowest BCUT2D eigenvalue weighted by atomic mass is 9.97. The van der Waals surface area contributed by atoms with Crippen molar-refractivity contribution < 1.29 is 17.6 Å². The predicted octanol–water partition coefficient (Wildman–Crippen LogP) is 3.19. The summed E-state index contributed by atoms with van der Waals surface area (Å²) in [6.45, 7) is 7.58. The highest BCUT2D eigenvalue weighted by Crippen LogP contribution is 2.27. The van der Waals surface area contributed by atoms with E-state index in [2.05, 4.69) is 36.9 Å². The Bertz CT molecular complexity index is 1080. The van der Waals surface area contributed by atoms with E-state index in [1.165, 1.54) is 33.3 Å². The quantitative estimate of drug-likeness (QED) is 0.705. The van der Waals surface area contributed by atoms with Gasteiger partial charge in [0, 0.05) is 45.0 Å². The van der Waals surface area contributed by atoms with Crippen molar-refractivity contribution in [2.45, 2.75) is 31.6 Å². The summed E-state index contributed by atoms with van der Waals surface area (Å²) in [7, 11) is -3.74. The number of hydrogen-bond donors (Lipinski definition) is 0. The first-order valence-electron chi connectivity index (χ1n) is 11.1. The molecule has 1 atom stereocenters. The number of rotatable bonds is 4. The average Bonchev–Trinajstić information content (AvgIpc) is 2.81. The van der Waals surface area contributed by atoms with Crippen LogP contribution in [0.15, 0.2) is 47.4 Å². The van der Waals surface area contributed by atoms with Gasteiger partial charge in [-0.1, -0.05) is 12.1 Å². The highest BCUT2D eigenvalue weighted by atomic mass is 32.2. The first kappa shape index (κ1) is 22.7. The number of aryl methyl sites for hydroxylation is 1. The van der Waals surface area contributed by atoms with E-state index in [0.29, 0.717) is 32.5 Å². The molecule has 0 N–H and O–H groups in total. The molecule has 2 aromatic carbocycles. The molecular formula is C24H30FN3O3S. The zero-order valence-electron chi connectivity index (χ0n) is 18.6. The average molecular weight is 460 g/mol. The Labute approximate surface area is 189 Å². The molecule has 0 saturated carbocycles. The van der Waals surface area contributed by atoms with Crippen LogP contribution in [0, 0.1) is 25.6 Å². The van der Waals surface area contributed by atoms with E-state index >= 15 is 0 Å². The molecule has 2 aliphatic rings. The van der Waals surface area contributed by atoms with Gasteiger partial charge in [-0.3, -0.25) is 4.79 Å². The highest BCUT2D eigenvalue weighted by molar-refractivity contribution is 7.89. The summed E-state index contributed by atoms with van der Waals surface area (Å²) in [6.07, 6.45) is 1.32. The molecule has 6 nitrogen and oxygen atoms in total. The molecule has 0 aromatic heterocycles. The van der Waals surface area contributed by atoms with Crippen LogP contribution in [0.5, 0.6) is 0 Å². The number of benzene rings is 2. The summed E-state index contributed by atoms with van der Waals surface area (Å²) in [5, 5.41) is 0. The van der Waals surface area contributed by atoms with Crippen molar-refractivity contribution in [3.05, 3.63) is 59.4 Å². The molecule has 0 aliphatic carbocycles. The fraction of sp³-hybridized carbons (Fsp3) is 0.458. The SMILES string of the molecule is Cc1cccc(N2CCN(C(=O)[C@H]3CCCN(S(=O)(=O)c4ccc(F)cc4)C3)CC2)c1C. The standard InChI is InChI=1S/C24H30FN3O3S/c1-18-5-3-7-23(19(18)2)26-13-15-27(16-14-26)24(29)20-6-4-12-28(17-20)32(30,31)22-10-8-21(25)9-11-22/h3,5,7-11,20H,4,6,12-17H2,1-2H3/t20-/m0/s1. The maximum absolute atomic E-state index is 13.2. The fourth-order valence-corrected chi connectivity index (χ4v) is 6.15. The van der Waals surface area contributed by atoms with Crippen LogP contribution < -0.4 is 4.90 Å². The van der Waals surface area contributed by atoms with E-state index in [1.54, 1.807) is 0 Å². The third kappa shape index (κ3) is 4.52. The second kappa shape index (κ2) is 9.19. The zero-order valence-corrected chi connectivity index (χ0v) is 19.4. The number of piperidine rings is 1. The van der Waals surface area contributed by atoms with Gasteiger partial charge >= 0.3 is 0 Å². The van der Waals surface area contributed by atoms with Gasteiger partial charge in [-0.15, -0.1) is 0 Å². The predicted molar refractivity (Wildman–Crippen MR) is 123 cm³/mol. The lowest BCUT2D eigenvalue weighted by Crippen LogP contribution is -2.53. The number of piperazine rings is 1. The summed E-state index contributed by atoms with van der Waals surface area (Å²) in [5.74, 6) is -0.786. The van der Waals surface area contributed by atoms with Gasteiger partial charge in [-0.2, -0.15) is 4.31 Å². The molecule has 2 aromatic rings. The number of nitrogens with zero attached hydrogens (tertiary/aromatic N) is 3. The minimum Gasteiger partial charge on any atom is -0.368 e. The molecule has 8 heteroatoms. The third-order valence-corrected chi connectivity index (χ3v) is 8.57. The molecule has 4 rings (SSSR count). The lowest BCUT2D eigenvalue weighted by molar-refractivity contribution is -0.137. The zero-order chi connectivity index (χ0) is 22.9. The van der Waals surface area contributed by atoms with E-state index < -0.39 is 15.8 Å². The highest BCUT2D eigenvalue weighted by Gasteiger charge is 2.36. The Balaban J connectivity index is 1.40. The smallest absolute Gasteiger partial charge is 0.243 e. The van der Waals surface area contributed by atoms with Crippen LogP contribution in [0.3, 0.4) is 0 Å². The van der Waals surface area contributed by atoms with Gasteiger partial charge in [-0.25, -0.2) is 12.8 Å². The van der Waals surface area contributed by atoms with Gasteiger partial charge in [-0.05, 0) is 68.1 Å². The van der Waals surface area contributed by atoms with Gasteiger partial charge in [0.2, 0.25) is 15.9 Å². The van der Waals surface area contributed by atoms with Gasteiger partial charge < -0.3 is 9.80 Å². The van der Waals surface area contributed by atoms with Gasteiger partial charge in [0.05, 0.1) is 10.8 Å². The van der Waals surface area contributed by atoms with Crippen molar-refractivity contribution in [3.8, 4) is 0 Å². The maximum Gasteiger partial charge on any atom is 0.243 e. The molecule has 32 heavy (non-hydrogen) atoms. The van der Waals surface area contributed by atoms with Crippen LogP contribution >= 0.6 is 0 Å². The van der Waals surface area contributed by atoms with Crippen molar-refractivity contribution in [2.75, 3.05) is 44.2 Å². The van der Waals surface area contributed by atoms with Crippen molar-refractivity contribution in [1.82, 2.24) is 9.21 Å². The molecule has 0 bridgehead atoms. The number of amides is 1. The largest absolute Gasteiger partial charge is 0.368 e. The van der Waals surface area contributed by atoms with Crippen molar-refractivity contribution in [1.29, 1.82) is 0 Å². The van der Waals surface area contributed by atoms with E-state index in [0.717, 1.165) is 25.2 Å². The minimum absolute atomic E-state index is 0.0321. The Kier molecular flexibility index (Phi) is 6.53. The van der Waals surface area contributed by atoms with Crippen LogP contribution in [-0.4, -0.2) is 62.8 Å². The summed E-state index contributed by atoms with van der Waals surface area (Å²) >= 11 is 0. The van der Waals surface area contributed by atoms with E-state index in [4.69, 9.17) is 0 Å². The van der Waals surface area contributed by atoms with E-state index in [-0.39, 0.29) is 23.3 Å². The van der Waals surface area contributed by atoms with E-state index in [9.17, 15) is 17.6 Å². The van der Waals surface area contributed by atoms with Crippen LogP contribution in [0.2, 0.25) is 0 Å². The second-order valence-corrected chi connectivity index (χ2v) is 10.6. The molecule has 2 heterocycles. The number of sulfonamides is 1. The number of carbonyl (C=O) groups is 1. The van der Waals surface area contributed by atoms with E-state index in [1.807, 2.05) is 4.90 Å². The normalized spacial score (nSPS) is 20.4. The monoisotopic (exact) mass is 459 g/mol. The summed E-state index contributed by atoms with van der Waals surface area (Å²) in [4.78, 5) is 17.5. The molecule has 1 amide bonds. The first-order chi connectivity index (χ1) is 15.3. The minimum atomic E-state index is -3.74. The number of carbonyl (C=O) groups excluding carboxylic acids is 1. The van der Waals surface area contributed by atoms with Gasteiger partial charge in [0.15, 0.2) is 0 Å². The Morgan fingerprint density at radius 2 is 1.66 bits per heavy atom. The van der Waals surface area contributed by atoms with Crippen LogP contribution in [0.25, 0.3) is 0 Å². The summed E-state index contributed by atoms with van der Waals surface area (Å²) in [5.41, 5.74) is 3.73. The summed E-state index contributed by atoms with van der Waals surface area (Å²) in [6, 6.07) is 11.1. The molecule has 2 fully saturated rings. The van der Waals surface area contributed by atoms with Crippen LogP contribution in [-0.2, 0) is 14.8 Å². The number of hydrogen-bond acceptors (Lipinski definition) is 4. The van der Waals surface area contributed by atoms with Gasteiger partial charge in [0.1, 0.15) is 5.82 Å². The molecule has 0 spiro atoms. The molecule has 2 aliphatic heterocycles. The maximum atomic E-state index is 13.2. The lowest BCUT2D eigenvalue weighted by Gasteiger charge is -2.40. The molecular weight excluding hydrogens is 429 g/mol. The fourth-order valence-electron chi connectivity index (χ4n) is 4.62. The Hall–Kier alpha value is -2.45.